The molecule has 1 fully saturated rings. The molecule has 9 amide bonds. The van der Waals surface area contributed by atoms with Gasteiger partial charge in [-0.25, -0.2) is 4.79 Å². The van der Waals surface area contributed by atoms with Crippen LogP contribution in [0.1, 0.15) is 106 Å². The van der Waals surface area contributed by atoms with Crippen molar-refractivity contribution in [3.63, 3.8) is 0 Å². The third kappa shape index (κ3) is 16.1. The standard InChI is InChI=1S/C50H65N13O19/c1-21(2)40(60-46(72)29(13-14-33(53)65)58-45(71)27(52)19-34(54)66)49(75)59-30(20-35(55)67)47(73)56-22(3)50(76)61-16-8-10-31(61)48(74)57-28(9-6-7-15-51)43(69)39-41(62(77)78)37(23(4)64)38(44(70)42(39)63(79)80)26-18-36(68)82-32-17-24(81-5)11-12-25(26)32/h11-12,17-18,21-22,27-31,40,70H,6-10,13-16,19-20,51-52H2,1-5H3,(H2,53,65)(H2,54,66)(H2,55,67)(H,56,73)(H,57,74)(H,58,71)(H,59,75)(H,60,72)/t22-,27-,28-,29-,30-,31-,40-/m0/s1. The van der Waals surface area contributed by atoms with E-state index in [2.05, 4.69) is 26.6 Å². The van der Waals surface area contributed by atoms with Gasteiger partial charge in [-0.05, 0) is 77.0 Å². The molecule has 0 spiro atoms. The van der Waals surface area contributed by atoms with Gasteiger partial charge < -0.3 is 74.4 Å². The molecule has 4 rings (SSSR count). The van der Waals surface area contributed by atoms with Gasteiger partial charge in [0.05, 0.1) is 41.9 Å². The van der Waals surface area contributed by atoms with Crippen LogP contribution in [0.15, 0.2) is 33.5 Å². The molecule has 2 aromatic carbocycles. The van der Waals surface area contributed by atoms with Crippen molar-refractivity contribution < 1.29 is 76.8 Å². The monoisotopic (exact) mass is 1150 g/mol. The van der Waals surface area contributed by atoms with E-state index in [0.717, 1.165) is 17.9 Å². The Hall–Kier alpha value is -9.46. The highest BCUT2D eigenvalue weighted by Crippen LogP contribution is 2.50. The average Bonchev–Trinajstić information content (AvgIpc) is 3.78. The first-order valence-electron chi connectivity index (χ1n) is 25.5. The molecule has 82 heavy (non-hydrogen) atoms. The number of likely N-dealkylation sites (tertiary alicyclic amines) is 1. The largest absolute Gasteiger partial charge is 0.502 e. The maximum Gasteiger partial charge on any atom is 0.336 e. The number of methoxy groups -OCH3 is 1. The van der Waals surface area contributed by atoms with Crippen LogP contribution < -0.4 is 65.6 Å². The number of hydrogen-bond donors (Lipinski definition) is 11. The molecule has 32 heteroatoms. The van der Waals surface area contributed by atoms with Gasteiger partial charge in [-0.3, -0.25) is 73.0 Å². The minimum absolute atomic E-state index is 0.0158. The number of phenolic OH excluding ortho intramolecular Hbond substituents is 1. The molecule has 1 aromatic heterocycles. The van der Waals surface area contributed by atoms with E-state index in [0.29, 0.717) is 0 Å². The minimum Gasteiger partial charge on any atom is -0.502 e. The van der Waals surface area contributed by atoms with E-state index >= 15 is 0 Å². The first-order chi connectivity index (χ1) is 38.4. The lowest BCUT2D eigenvalue weighted by molar-refractivity contribution is -0.395. The molecule has 7 atom stereocenters. The fourth-order valence-electron chi connectivity index (χ4n) is 9.12. The van der Waals surface area contributed by atoms with E-state index in [4.69, 9.17) is 37.8 Å². The zero-order valence-electron chi connectivity index (χ0n) is 45.2. The van der Waals surface area contributed by atoms with Gasteiger partial charge in [-0.15, -0.1) is 0 Å². The average molecular weight is 1150 g/mol. The number of ether oxygens (including phenoxy) is 1. The summed E-state index contributed by atoms with van der Waals surface area (Å²) in [5.74, 6) is -13.9. The molecule has 0 bridgehead atoms. The molecular weight excluding hydrogens is 1090 g/mol. The lowest BCUT2D eigenvalue weighted by Crippen LogP contribution is -2.60. The van der Waals surface area contributed by atoms with Gasteiger partial charge in [0.1, 0.15) is 47.1 Å². The number of benzene rings is 2. The Balaban J connectivity index is 1.65. The first kappa shape index (κ1) is 65.1. The molecule has 0 unspecified atom stereocenters. The number of aromatic hydroxyl groups is 1. The van der Waals surface area contributed by atoms with Crippen LogP contribution in [0.3, 0.4) is 0 Å². The highest BCUT2D eigenvalue weighted by molar-refractivity contribution is 6.18. The first-order valence-corrected chi connectivity index (χ1v) is 25.5. The molecule has 32 nitrogen and oxygen atoms in total. The van der Waals surface area contributed by atoms with Crippen LogP contribution in [0, 0.1) is 26.1 Å². The van der Waals surface area contributed by atoms with Crippen LogP contribution >= 0.6 is 0 Å². The van der Waals surface area contributed by atoms with E-state index in [1.165, 1.54) is 46.1 Å². The second-order valence-electron chi connectivity index (χ2n) is 19.5. The van der Waals surface area contributed by atoms with Crippen LogP contribution in [0.4, 0.5) is 11.4 Å². The second-order valence-corrected chi connectivity index (χ2v) is 19.5. The summed E-state index contributed by atoms with van der Waals surface area (Å²) in [5, 5.41) is 49.5. The summed E-state index contributed by atoms with van der Waals surface area (Å²) >= 11 is 0. The normalized spacial score (nSPS) is 15.2. The summed E-state index contributed by atoms with van der Waals surface area (Å²) in [5.41, 5.74) is 19.1. The number of nitrogens with one attached hydrogen (secondary N) is 5. The lowest BCUT2D eigenvalue weighted by Gasteiger charge is -2.30. The summed E-state index contributed by atoms with van der Waals surface area (Å²) in [6.45, 7) is 4.85. The van der Waals surface area contributed by atoms with Crippen LogP contribution in [0.25, 0.3) is 22.1 Å². The van der Waals surface area contributed by atoms with E-state index in [-0.39, 0.29) is 68.3 Å². The molecule has 0 saturated carbocycles. The van der Waals surface area contributed by atoms with Crippen molar-refractivity contribution in [3.8, 4) is 22.6 Å². The number of primary amides is 3. The number of rotatable bonds is 30. The molecule has 16 N–H and O–H groups in total. The smallest absolute Gasteiger partial charge is 0.336 e. The zero-order chi connectivity index (χ0) is 61.6. The van der Waals surface area contributed by atoms with Gasteiger partial charge in [0.25, 0.3) is 5.69 Å². The van der Waals surface area contributed by atoms with E-state index in [1.807, 2.05) is 0 Å². The highest BCUT2D eigenvalue weighted by atomic mass is 16.6. The second kappa shape index (κ2) is 28.6. The van der Waals surface area contributed by atoms with E-state index < -0.39 is 187 Å². The number of phenols is 1. The van der Waals surface area contributed by atoms with Crippen molar-refractivity contribution >= 4 is 87.1 Å². The van der Waals surface area contributed by atoms with Gasteiger partial charge in [-0.1, -0.05) is 13.8 Å². The predicted octanol–water partition coefficient (Wildman–Crippen LogP) is -2.06. The Kier molecular flexibility index (Phi) is 22.7. The van der Waals surface area contributed by atoms with Gasteiger partial charge in [0.15, 0.2) is 17.1 Å². The SMILES string of the molecule is COc1ccc2c(-c3c(O)c([N+](=O)[O-])c(C(=O)[C@H](CCCCN)NC(=O)[C@@H]4CCCN4C(=O)[C@H](C)NC(=O)[C@H](CC(N)=O)NC(=O)[C@@H](NC(=O)[C@H](CCC(N)=O)NC(=O)[C@@H](N)CC(N)=O)C(C)C)c([N+](=O)[O-])c3C(C)=O)cc(=O)oc2c1. The van der Waals surface area contributed by atoms with E-state index in [1.54, 1.807) is 0 Å². The molecule has 0 radical (unpaired) electrons. The van der Waals surface area contributed by atoms with Gasteiger partial charge in [0, 0.05) is 41.6 Å². The highest BCUT2D eigenvalue weighted by Gasteiger charge is 2.46. The molecule has 3 aromatic rings. The van der Waals surface area contributed by atoms with Crippen molar-refractivity contribution in [2.75, 3.05) is 20.2 Å². The predicted molar refractivity (Wildman–Crippen MR) is 286 cm³/mol. The Labute approximate surface area is 465 Å². The number of hydrogen-bond acceptors (Lipinski definition) is 21. The number of amides is 9. The minimum atomic E-state index is -1.89. The van der Waals surface area contributed by atoms with Crippen molar-refractivity contribution in [1.29, 1.82) is 0 Å². The number of carbonyl (C=O) groups is 11. The van der Waals surface area contributed by atoms with Crippen LogP contribution in [-0.2, 0) is 43.2 Å². The number of unbranched alkanes of at least 4 members (excludes halogenated alkanes) is 1. The Morgan fingerprint density at radius 2 is 1.40 bits per heavy atom. The zero-order valence-corrected chi connectivity index (χ0v) is 45.2. The number of fused-ring (bicyclic) bond motifs is 1. The van der Waals surface area contributed by atoms with Crippen molar-refractivity contribution in [2.45, 2.75) is 128 Å². The summed E-state index contributed by atoms with van der Waals surface area (Å²) < 4.78 is 10.4. The number of nitrogens with zero attached hydrogens (tertiary/aromatic N) is 3. The van der Waals surface area contributed by atoms with Crippen LogP contribution in [0.5, 0.6) is 11.5 Å². The van der Waals surface area contributed by atoms with Crippen LogP contribution in [0.2, 0.25) is 0 Å². The number of nitrogens with two attached hydrogens (primary N) is 5. The van der Waals surface area contributed by atoms with Crippen LogP contribution in [-0.4, -0.2) is 147 Å². The molecule has 1 aliphatic heterocycles. The summed E-state index contributed by atoms with van der Waals surface area (Å²) in [6, 6.07) is -6.63. The van der Waals surface area contributed by atoms with E-state index in [9.17, 15) is 82.9 Å². The number of ketones is 2. The van der Waals surface area contributed by atoms with Crippen molar-refractivity contribution in [3.05, 3.63) is 66.0 Å². The maximum absolute atomic E-state index is 14.8. The number of carbonyl (C=O) groups excluding carboxylic acids is 11. The van der Waals surface area contributed by atoms with Gasteiger partial charge in [-0.2, -0.15) is 0 Å². The Morgan fingerprint density at radius 3 is 1.96 bits per heavy atom. The van der Waals surface area contributed by atoms with Gasteiger partial charge >= 0.3 is 11.3 Å². The Morgan fingerprint density at radius 1 is 0.780 bits per heavy atom. The molecule has 0 aliphatic carbocycles. The fraction of sp³-hybridized carbons (Fsp3) is 0.480. The molecule has 2 heterocycles. The van der Waals surface area contributed by atoms with Crippen molar-refractivity contribution in [2.24, 2.45) is 34.6 Å². The Bertz CT molecular complexity index is 3130. The topological polar surface area (TPSA) is 527 Å². The third-order valence-electron chi connectivity index (χ3n) is 13.1. The summed E-state index contributed by atoms with van der Waals surface area (Å²) in [4.78, 5) is 183. The van der Waals surface area contributed by atoms with Crippen molar-refractivity contribution in [1.82, 2.24) is 31.5 Å². The fourth-order valence-corrected chi connectivity index (χ4v) is 9.12. The van der Waals surface area contributed by atoms with Gasteiger partial charge in [0.2, 0.25) is 58.9 Å². The maximum atomic E-state index is 14.8. The lowest BCUT2D eigenvalue weighted by atomic mass is 9.86. The summed E-state index contributed by atoms with van der Waals surface area (Å²) in [6.07, 6.45) is -2.39. The quantitative estimate of drug-likeness (QED) is 0.0112. The number of Topliss-reactive ketones (excluding diaryl/α,β-unsaturated/α-hetero) is 2. The third-order valence-corrected chi connectivity index (χ3v) is 13.1. The molecule has 1 saturated heterocycles. The molecule has 1 aliphatic rings. The molecule has 444 valence electrons. The molecular formula is C50H65N13O19. The number of nitro benzene ring substituents is 2. The number of nitro groups is 2. The summed E-state index contributed by atoms with van der Waals surface area (Å²) in [7, 11) is 1.29.